The summed E-state index contributed by atoms with van der Waals surface area (Å²) >= 11 is 5.62. The first-order valence-electron chi connectivity index (χ1n) is 6.34. The second-order valence-corrected chi connectivity index (χ2v) is 5.42. The molecule has 0 radical (unpaired) electrons. The van der Waals surface area contributed by atoms with Gasteiger partial charge in [-0.2, -0.15) is 0 Å². The number of nitro benzene ring substituents is 1. The molecule has 1 aromatic rings. The standard InChI is InChI=1S/C14H19ClN2O3/c1-10(2)7-16-8-12-4-5-13(17(18)19)14(6-12)20-9-11(3)15/h4-6,10,16H,3,7-9H2,1-2H3. The lowest BCUT2D eigenvalue weighted by Crippen LogP contribution is -2.19. The first-order chi connectivity index (χ1) is 9.40. The van der Waals surface area contributed by atoms with Gasteiger partial charge in [-0.3, -0.25) is 10.1 Å². The van der Waals surface area contributed by atoms with Crippen LogP contribution in [-0.4, -0.2) is 18.1 Å². The molecule has 0 saturated carbocycles. The first kappa shape index (κ1) is 16.5. The van der Waals surface area contributed by atoms with Crippen molar-refractivity contribution in [2.45, 2.75) is 20.4 Å². The van der Waals surface area contributed by atoms with E-state index in [1.165, 1.54) is 6.07 Å². The van der Waals surface area contributed by atoms with Gasteiger partial charge >= 0.3 is 5.69 Å². The van der Waals surface area contributed by atoms with Crippen molar-refractivity contribution in [2.24, 2.45) is 5.92 Å². The summed E-state index contributed by atoms with van der Waals surface area (Å²) in [6, 6.07) is 4.82. The van der Waals surface area contributed by atoms with Crippen molar-refractivity contribution in [3.05, 3.63) is 45.5 Å². The predicted octanol–water partition coefficient (Wildman–Crippen LogP) is 3.47. The van der Waals surface area contributed by atoms with E-state index in [4.69, 9.17) is 16.3 Å². The fraction of sp³-hybridized carbons (Fsp3) is 0.429. The highest BCUT2D eigenvalue weighted by Crippen LogP contribution is 2.28. The van der Waals surface area contributed by atoms with Gasteiger partial charge in [0.05, 0.1) is 4.92 Å². The van der Waals surface area contributed by atoms with Crippen LogP contribution in [0.5, 0.6) is 5.75 Å². The molecule has 0 aliphatic rings. The fourth-order valence-electron chi connectivity index (χ4n) is 1.60. The topological polar surface area (TPSA) is 64.4 Å². The third kappa shape index (κ3) is 5.59. The zero-order valence-corrected chi connectivity index (χ0v) is 12.4. The van der Waals surface area contributed by atoms with Crippen LogP contribution in [0.4, 0.5) is 5.69 Å². The Hall–Kier alpha value is -1.59. The molecule has 0 saturated heterocycles. The first-order valence-corrected chi connectivity index (χ1v) is 6.72. The molecule has 5 nitrogen and oxygen atoms in total. The van der Waals surface area contributed by atoms with Gasteiger partial charge in [0.15, 0.2) is 5.75 Å². The van der Waals surface area contributed by atoms with Crippen molar-refractivity contribution in [1.29, 1.82) is 0 Å². The van der Waals surface area contributed by atoms with Crippen LogP contribution >= 0.6 is 11.6 Å². The Labute approximate surface area is 123 Å². The third-order valence-corrected chi connectivity index (χ3v) is 2.60. The number of ether oxygens (including phenoxy) is 1. The smallest absolute Gasteiger partial charge is 0.310 e. The molecule has 1 aromatic carbocycles. The van der Waals surface area contributed by atoms with E-state index in [-0.39, 0.29) is 18.0 Å². The number of hydrogen-bond donors (Lipinski definition) is 1. The van der Waals surface area contributed by atoms with Gasteiger partial charge in [-0.05, 0) is 24.1 Å². The van der Waals surface area contributed by atoms with Crippen molar-refractivity contribution >= 4 is 17.3 Å². The van der Waals surface area contributed by atoms with E-state index in [0.29, 0.717) is 17.5 Å². The van der Waals surface area contributed by atoms with Crippen LogP contribution < -0.4 is 10.1 Å². The molecule has 0 fully saturated rings. The van der Waals surface area contributed by atoms with Crippen LogP contribution in [0.1, 0.15) is 19.4 Å². The summed E-state index contributed by atoms with van der Waals surface area (Å²) in [7, 11) is 0. The maximum Gasteiger partial charge on any atom is 0.310 e. The molecule has 0 aliphatic heterocycles. The quantitative estimate of drug-likeness (QED) is 0.589. The summed E-state index contributed by atoms with van der Waals surface area (Å²) < 4.78 is 5.33. The van der Waals surface area contributed by atoms with E-state index in [9.17, 15) is 10.1 Å². The van der Waals surface area contributed by atoms with Crippen LogP contribution in [0.15, 0.2) is 29.8 Å². The van der Waals surface area contributed by atoms with E-state index in [1.54, 1.807) is 12.1 Å². The van der Waals surface area contributed by atoms with Crippen LogP contribution in [-0.2, 0) is 6.54 Å². The minimum Gasteiger partial charge on any atom is -0.481 e. The summed E-state index contributed by atoms with van der Waals surface area (Å²) in [6.45, 7) is 9.28. The van der Waals surface area contributed by atoms with Crippen molar-refractivity contribution < 1.29 is 9.66 Å². The van der Waals surface area contributed by atoms with Gasteiger partial charge in [0.1, 0.15) is 6.61 Å². The maximum absolute atomic E-state index is 10.9. The van der Waals surface area contributed by atoms with Crippen LogP contribution in [0.2, 0.25) is 0 Å². The largest absolute Gasteiger partial charge is 0.481 e. The molecule has 0 amide bonds. The minimum absolute atomic E-state index is 0.0469. The molecule has 0 atom stereocenters. The zero-order valence-electron chi connectivity index (χ0n) is 11.7. The number of hydrogen-bond acceptors (Lipinski definition) is 4. The summed E-state index contributed by atoms with van der Waals surface area (Å²) in [5.41, 5.74) is 0.849. The SMILES string of the molecule is C=C(Cl)COc1cc(CNCC(C)C)ccc1[N+](=O)[O-]. The van der Waals surface area contributed by atoms with Gasteiger partial charge in [0.25, 0.3) is 0 Å². The molecule has 0 heterocycles. The number of rotatable bonds is 8. The number of nitro groups is 1. The van der Waals surface area contributed by atoms with Crippen molar-refractivity contribution in [3.8, 4) is 5.75 Å². The lowest BCUT2D eigenvalue weighted by atomic mass is 10.1. The van der Waals surface area contributed by atoms with Crippen LogP contribution in [0, 0.1) is 16.0 Å². The van der Waals surface area contributed by atoms with Crippen LogP contribution in [0.3, 0.4) is 0 Å². The molecule has 0 spiro atoms. The average molecular weight is 299 g/mol. The number of nitrogens with one attached hydrogen (secondary N) is 1. The Bertz CT molecular complexity index is 489. The number of halogens is 1. The monoisotopic (exact) mass is 298 g/mol. The van der Waals surface area contributed by atoms with E-state index in [0.717, 1.165) is 12.1 Å². The number of nitrogens with zero attached hydrogens (tertiary/aromatic N) is 1. The van der Waals surface area contributed by atoms with E-state index >= 15 is 0 Å². The van der Waals surface area contributed by atoms with Gasteiger partial charge in [0, 0.05) is 17.6 Å². The van der Waals surface area contributed by atoms with E-state index < -0.39 is 4.92 Å². The molecule has 6 heteroatoms. The maximum atomic E-state index is 10.9. The van der Waals surface area contributed by atoms with E-state index in [1.807, 2.05) is 0 Å². The molecule has 0 bridgehead atoms. The Kier molecular flexibility index (Phi) is 6.48. The van der Waals surface area contributed by atoms with Crippen molar-refractivity contribution in [2.75, 3.05) is 13.2 Å². The molecular weight excluding hydrogens is 280 g/mol. The second-order valence-electron chi connectivity index (χ2n) is 4.89. The third-order valence-electron chi connectivity index (χ3n) is 2.49. The molecule has 0 aromatic heterocycles. The summed E-state index contributed by atoms with van der Waals surface area (Å²) in [4.78, 5) is 10.5. The number of benzene rings is 1. The minimum atomic E-state index is -0.475. The molecule has 0 unspecified atom stereocenters. The van der Waals surface area contributed by atoms with Gasteiger partial charge in [0.2, 0.25) is 0 Å². The van der Waals surface area contributed by atoms with E-state index in [2.05, 4.69) is 25.7 Å². The van der Waals surface area contributed by atoms with Gasteiger partial charge < -0.3 is 10.1 Å². The Morgan fingerprint density at radius 3 is 2.80 bits per heavy atom. The molecule has 0 aliphatic carbocycles. The fourth-order valence-corrected chi connectivity index (χ4v) is 1.65. The molecule has 110 valence electrons. The lowest BCUT2D eigenvalue weighted by Gasteiger charge is -2.10. The Morgan fingerprint density at radius 1 is 1.55 bits per heavy atom. The summed E-state index contributed by atoms with van der Waals surface area (Å²) in [5, 5.41) is 14.5. The average Bonchev–Trinajstić information content (AvgIpc) is 2.35. The summed E-state index contributed by atoms with van der Waals surface area (Å²) in [5.74, 6) is 0.754. The molecule has 20 heavy (non-hydrogen) atoms. The highest BCUT2D eigenvalue weighted by Gasteiger charge is 2.15. The molecule has 1 rings (SSSR count). The normalized spacial score (nSPS) is 10.6. The van der Waals surface area contributed by atoms with Crippen molar-refractivity contribution in [1.82, 2.24) is 5.32 Å². The van der Waals surface area contributed by atoms with Gasteiger partial charge in [-0.1, -0.05) is 38.1 Å². The Balaban J connectivity index is 2.80. The zero-order chi connectivity index (χ0) is 15.1. The highest BCUT2D eigenvalue weighted by molar-refractivity contribution is 6.29. The molecule has 1 N–H and O–H groups in total. The van der Waals surface area contributed by atoms with Gasteiger partial charge in [-0.25, -0.2) is 0 Å². The summed E-state index contributed by atoms with van der Waals surface area (Å²) in [6.07, 6.45) is 0. The second kappa shape index (κ2) is 7.87. The Morgan fingerprint density at radius 2 is 2.25 bits per heavy atom. The highest BCUT2D eigenvalue weighted by atomic mass is 35.5. The predicted molar refractivity (Wildman–Crippen MR) is 80.1 cm³/mol. The van der Waals surface area contributed by atoms with Crippen LogP contribution in [0.25, 0.3) is 0 Å². The lowest BCUT2D eigenvalue weighted by molar-refractivity contribution is -0.385. The molecular formula is C14H19ClN2O3. The van der Waals surface area contributed by atoms with Crippen molar-refractivity contribution in [3.63, 3.8) is 0 Å². The van der Waals surface area contributed by atoms with Gasteiger partial charge in [-0.15, -0.1) is 0 Å².